The Kier molecular flexibility index (Phi) is 5.30. The quantitative estimate of drug-likeness (QED) is 0.903. The minimum absolute atomic E-state index is 0.334. The lowest BCUT2D eigenvalue weighted by molar-refractivity contribution is 0.463. The summed E-state index contributed by atoms with van der Waals surface area (Å²) in [5.74, 6) is 0.793. The molecule has 1 aromatic rings. The monoisotopic (exact) mass is 330 g/mol. The second kappa shape index (κ2) is 6.65. The molecule has 0 radical (unpaired) electrons. The Morgan fingerprint density at radius 2 is 1.90 bits per heavy atom. The molecule has 2 unspecified atom stereocenters. The number of hydrogen-bond donors (Lipinski definition) is 1. The van der Waals surface area contributed by atoms with Crippen LogP contribution in [0.25, 0.3) is 0 Å². The molecule has 6 heteroatoms. The maximum absolute atomic E-state index is 12.7. The number of sulfonamides is 1. The molecule has 2 rings (SSSR count). The van der Waals surface area contributed by atoms with Crippen LogP contribution in [-0.2, 0) is 16.6 Å². The summed E-state index contributed by atoms with van der Waals surface area (Å²) < 4.78 is 27.0. The number of rotatable bonds is 5. The van der Waals surface area contributed by atoms with Crippen molar-refractivity contribution in [3.8, 4) is 0 Å². The first kappa shape index (κ1) is 16.7. The van der Waals surface area contributed by atoms with Crippen molar-refractivity contribution in [3.63, 3.8) is 0 Å². The molecule has 1 N–H and O–H groups in total. The molecule has 2 atom stereocenters. The first-order valence-corrected chi connectivity index (χ1v) is 9.17. The van der Waals surface area contributed by atoms with Gasteiger partial charge < -0.3 is 5.32 Å². The van der Waals surface area contributed by atoms with Crippen LogP contribution in [0.3, 0.4) is 0 Å². The Morgan fingerprint density at radius 1 is 1.29 bits per heavy atom. The highest BCUT2D eigenvalue weighted by Crippen LogP contribution is 2.29. The van der Waals surface area contributed by atoms with Crippen LogP contribution >= 0.6 is 11.6 Å². The third kappa shape index (κ3) is 3.59. The average Bonchev–Trinajstić information content (AvgIpc) is 2.78. The number of nitrogens with one attached hydrogen (secondary N) is 1. The van der Waals surface area contributed by atoms with Crippen molar-refractivity contribution in [1.82, 2.24) is 9.62 Å². The highest BCUT2D eigenvalue weighted by Gasteiger charge is 2.35. The van der Waals surface area contributed by atoms with Gasteiger partial charge in [0.15, 0.2) is 0 Å². The number of benzene rings is 1. The zero-order chi connectivity index (χ0) is 15.6. The molecule has 0 amide bonds. The first-order valence-electron chi connectivity index (χ1n) is 7.35. The molecule has 4 nitrogen and oxygen atoms in total. The fraction of sp³-hybridized carbons (Fsp3) is 0.600. The van der Waals surface area contributed by atoms with Gasteiger partial charge in [-0.2, -0.15) is 4.31 Å². The van der Waals surface area contributed by atoms with E-state index in [4.69, 9.17) is 11.6 Å². The standard InChI is InChI=1S/C15H23ClN2O2S/c1-4-17-8-13-7-14(5-6-15(13)16)21(19,20)18-9-11(2)12(3)10-18/h5-7,11-12,17H,4,8-10H2,1-3H3. The van der Waals surface area contributed by atoms with E-state index in [-0.39, 0.29) is 0 Å². The summed E-state index contributed by atoms with van der Waals surface area (Å²) in [6.45, 7) is 8.77. The van der Waals surface area contributed by atoms with Crippen LogP contribution in [0.2, 0.25) is 5.02 Å². The van der Waals surface area contributed by atoms with E-state index in [2.05, 4.69) is 19.2 Å². The van der Waals surface area contributed by atoms with E-state index < -0.39 is 10.0 Å². The van der Waals surface area contributed by atoms with Crippen molar-refractivity contribution in [1.29, 1.82) is 0 Å². The van der Waals surface area contributed by atoms with Crippen molar-refractivity contribution >= 4 is 21.6 Å². The van der Waals surface area contributed by atoms with Gasteiger partial charge >= 0.3 is 0 Å². The third-order valence-electron chi connectivity index (χ3n) is 4.18. The van der Waals surface area contributed by atoms with Gasteiger partial charge in [-0.3, -0.25) is 0 Å². The summed E-state index contributed by atoms with van der Waals surface area (Å²) >= 11 is 6.14. The maximum Gasteiger partial charge on any atom is 0.243 e. The summed E-state index contributed by atoms with van der Waals surface area (Å²) in [6.07, 6.45) is 0. The molecule has 0 bridgehead atoms. The van der Waals surface area contributed by atoms with Crippen LogP contribution in [-0.4, -0.2) is 32.4 Å². The van der Waals surface area contributed by atoms with Gasteiger partial charge in [0.25, 0.3) is 0 Å². The van der Waals surface area contributed by atoms with Crippen LogP contribution in [0.5, 0.6) is 0 Å². The molecular formula is C15H23ClN2O2S. The Hall–Kier alpha value is -0.620. The first-order chi connectivity index (χ1) is 9.86. The molecule has 1 heterocycles. The summed E-state index contributed by atoms with van der Waals surface area (Å²) in [6, 6.07) is 4.96. The zero-order valence-corrected chi connectivity index (χ0v) is 14.3. The molecule has 1 aliphatic heterocycles. The van der Waals surface area contributed by atoms with E-state index in [1.54, 1.807) is 22.5 Å². The summed E-state index contributed by atoms with van der Waals surface area (Å²) in [7, 11) is -3.42. The van der Waals surface area contributed by atoms with Gasteiger partial charge in [0, 0.05) is 24.7 Å². The number of hydrogen-bond acceptors (Lipinski definition) is 3. The van der Waals surface area contributed by atoms with Crippen molar-refractivity contribution in [2.24, 2.45) is 11.8 Å². The Morgan fingerprint density at radius 3 is 2.48 bits per heavy atom. The molecule has 1 fully saturated rings. The summed E-state index contributed by atoms with van der Waals surface area (Å²) in [5, 5.41) is 3.77. The Balaban J connectivity index is 2.28. The SMILES string of the molecule is CCNCc1cc(S(=O)(=O)N2CC(C)C(C)C2)ccc1Cl. The zero-order valence-electron chi connectivity index (χ0n) is 12.8. The normalized spacial score (nSPS) is 23.6. The fourth-order valence-corrected chi connectivity index (χ4v) is 4.41. The Labute approximate surface area is 132 Å². The average molecular weight is 331 g/mol. The van der Waals surface area contributed by atoms with E-state index in [0.717, 1.165) is 12.1 Å². The predicted octanol–water partition coefficient (Wildman–Crippen LogP) is 2.73. The van der Waals surface area contributed by atoms with Gasteiger partial charge in [0.05, 0.1) is 4.90 Å². The largest absolute Gasteiger partial charge is 0.313 e. The molecule has 0 aromatic heterocycles. The minimum Gasteiger partial charge on any atom is -0.313 e. The second-order valence-electron chi connectivity index (χ2n) is 5.81. The van der Waals surface area contributed by atoms with Gasteiger partial charge in [-0.1, -0.05) is 32.4 Å². The topological polar surface area (TPSA) is 49.4 Å². The van der Waals surface area contributed by atoms with E-state index in [1.165, 1.54) is 0 Å². The van der Waals surface area contributed by atoms with Gasteiger partial charge in [-0.15, -0.1) is 0 Å². The predicted molar refractivity (Wildman–Crippen MR) is 85.9 cm³/mol. The van der Waals surface area contributed by atoms with E-state index in [1.807, 2.05) is 6.92 Å². The molecule has 1 saturated heterocycles. The smallest absolute Gasteiger partial charge is 0.243 e. The summed E-state index contributed by atoms with van der Waals surface area (Å²) in [5.41, 5.74) is 0.819. The van der Waals surface area contributed by atoms with E-state index in [0.29, 0.717) is 41.4 Å². The van der Waals surface area contributed by atoms with Crippen LogP contribution in [0, 0.1) is 11.8 Å². The second-order valence-corrected chi connectivity index (χ2v) is 8.16. The maximum atomic E-state index is 12.7. The number of halogens is 1. The lowest BCUT2D eigenvalue weighted by atomic mass is 10.0. The fourth-order valence-electron chi connectivity index (χ4n) is 2.53. The lowest BCUT2D eigenvalue weighted by Crippen LogP contribution is -2.29. The molecule has 0 aliphatic carbocycles. The highest BCUT2D eigenvalue weighted by atomic mass is 35.5. The van der Waals surface area contributed by atoms with Gasteiger partial charge in [0.2, 0.25) is 10.0 Å². The van der Waals surface area contributed by atoms with Crippen LogP contribution in [0.15, 0.2) is 23.1 Å². The highest BCUT2D eigenvalue weighted by molar-refractivity contribution is 7.89. The van der Waals surface area contributed by atoms with Gasteiger partial charge in [0.1, 0.15) is 0 Å². The third-order valence-corrected chi connectivity index (χ3v) is 6.37. The molecule has 21 heavy (non-hydrogen) atoms. The minimum atomic E-state index is -3.42. The molecular weight excluding hydrogens is 308 g/mol. The van der Waals surface area contributed by atoms with Crippen molar-refractivity contribution in [3.05, 3.63) is 28.8 Å². The van der Waals surface area contributed by atoms with Crippen LogP contribution < -0.4 is 5.32 Å². The molecule has 0 spiro atoms. The van der Waals surface area contributed by atoms with E-state index in [9.17, 15) is 8.42 Å². The van der Waals surface area contributed by atoms with Gasteiger partial charge in [-0.05, 0) is 42.1 Å². The van der Waals surface area contributed by atoms with E-state index >= 15 is 0 Å². The molecule has 1 aromatic carbocycles. The molecule has 0 saturated carbocycles. The van der Waals surface area contributed by atoms with Crippen molar-refractivity contribution in [2.45, 2.75) is 32.2 Å². The van der Waals surface area contributed by atoms with Crippen LogP contribution in [0.4, 0.5) is 0 Å². The summed E-state index contributed by atoms with van der Waals surface area (Å²) in [4.78, 5) is 0.334. The van der Waals surface area contributed by atoms with Crippen LogP contribution in [0.1, 0.15) is 26.3 Å². The van der Waals surface area contributed by atoms with Crippen molar-refractivity contribution in [2.75, 3.05) is 19.6 Å². The van der Waals surface area contributed by atoms with Gasteiger partial charge in [-0.25, -0.2) is 8.42 Å². The Bertz CT molecular complexity index is 594. The molecule has 118 valence electrons. The van der Waals surface area contributed by atoms with Crippen molar-refractivity contribution < 1.29 is 8.42 Å². The molecule has 1 aliphatic rings. The lowest BCUT2D eigenvalue weighted by Gasteiger charge is -2.17. The number of nitrogens with zero attached hydrogens (tertiary/aromatic N) is 1.